The van der Waals surface area contributed by atoms with Crippen LogP contribution in [-0.2, 0) is 16.1 Å². The topological polar surface area (TPSA) is 69.0 Å². The number of hydrogen-bond donors (Lipinski definition) is 1. The van der Waals surface area contributed by atoms with Crippen molar-refractivity contribution in [3.05, 3.63) is 82.6 Å². The Labute approximate surface area is 182 Å². The molecular formula is C24H31N3O2S. The molecule has 4 atom stereocenters. The monoisotopic (exact) mass is 425 g/mol. The summed E-state index contributed by atoms with van der Waals surface area (Å²) in [7, 11) is 0. The van der Waals surface area contributed by atoms with Crippen LogP contribution in [0.15, 0.2) is 81.9 Å². The second-order valence-corrected chi connectivity index (χ2v) is 9.28. The molecule has 1 aromatic rings. The van der Waals surface area contributed by atoms with E-state index in [0.29, 0.717) is 6.61 Å². The zero-order valence-corrected chi connectivity index (χ0v) is 19.0. The molecule has 6 heteroatoms. The third-order valence-electron chi connectivity index (χ3n) is 4.96. The third kappa shape index (κ3) is 5.79. The summed E-state index contributed by atoms with van der Waals surface area (Å²) in [6.45, 7) is 8.58. The van der Waals surface area contributed by atoms with Gasteiger partial charge in [0.1, 0.15) is 0 Å². The van der Waals surface area contributed by atoms with Crippen molar-refractivity contribution < 1.29 is 9.29 Å². The van der Waals surface area contributed by atoms with Gasteiger partial charge in [-0.1, -0.05) is 55.0 Å². The normalized spacial score (nSPS) is 27.2. The summed E-state index contributed by atoms with van der Waals surface area (Å²) < 4.78 is 22.4. The van der Waals surface area contributed by atoms with Gasteiger partial charge in [0.25, 0.3) is 0 Å². The molecule has 0 saturated heterocycles. The molecule has 0 radical (unpaired) electrons. The summed E-state index contributed by atoms with van der Waals surface area (Å²) in [6, 6.07) is 7.72. The van der Waals surface area contributed by atoms with Gasteiger partial charge in [0.2, 0.25) is 0 Å². The number of nitrogens with one attached hydrogen (secondary N) is 1. The van der Waals surface area contributed by atoms with E-state index in [4.69, 9.17) is 14.7 Å². The predicted molar refractivity (Wildman–Crippen MR) is 123 cm³/mol. The van der Waals surface area contributed by atoms with Crippen LogP contribution in [0.25, 0.3) is 0 Å². The first-order valence-corrected chi connectivity index (χ1v) is 11.6. The zero-order valence-electron chi connectivity index (χ0n) is 18.2. The summed E-state index contributed by atoms with van der Waals surface area (Å²) in [5.41, 5.74) is 1.39. The van der Waals surface area contributed by atoms with Crippen molar-refractivity contribution in [3.63, 3.8) is 0 Å². The standard InChI is InChI=1S/C24H31N3O2S/c1-5-11-18(2)16-19(3)17-29-23-24(4,26-22-15-10-9-14-21(22)25-23)27-30(28)20-12-7-6-8-13-20/h6-12,14-16,20,23,27H,5,13,17H2,1-4H3/b18-11-,19-16-/t20?,23?,24-,30?/m0/s1. The van der Waals surface area contributed by atoms with Gasteiger partial charge in [0.05, 0.1) is 17.3 Å². The smallest absolute Gasteiger partial charge is 0.196 e. The van der Waals surface area contributed by atoms with Crippen LogP contribution in [0.2, 0.25) is 0 Å². The van der Waals surface area contributed by atoms with Crippen LogP contribution < -0.4 is 15.4 Å². The quantitative estimate of drug-likeness (QED) is 0.512. The van der Waals surface area contributed by atoms with Gasteiger partial charge in [0.15, 0.2) is 17.1 Å². The molecule has 3 unspecified atom stereocenters. The molecule has 0 amide bonds. The van der Waals surface area contributed by atoms with E-state index in [1.807, 2.05) is 62.4 Å². The van der Waals surface area contributed by atoms with Gasteiger partial charge in [-0.2, -0.15) is 0 Å². The largest absolute Gasteiger partial charge is 0.598 e. The lowest BCUT2D eigenvalue weighted by atomic mass is 10.1. The second kappa shape index (κ2) is 10.4. The Morgan fingerprint density at radius 1 is 1.30 bits per heavy atom. The third-order valence-corrected chi connectivity index (χ3v) is 6.48. The van der Waals surface area contributed by atoms with E-state index in [0.717, 1.165) is 29.1 Å². The zero-order chi connectivity index (χ0) is 21.6. The van der Waals surface area contributed by atoms with Crippen molar-refractivity contribution in [2.24, 2.45) is 9.98 Å². The lowest BCUT2D eigenvalue weighted by Gasteiger charge is -2.35. The number of para-hydroxylation sites is 2. The molecule has 3 rings (SSSR count). The van der Waals surface area contributed by atoms with Crippen LogP contribution in [0.3, 0.4) is 0 Å². The Balaban J connectivity index is 1.82. The van der Waals surface area contributed by atoms with Gasteiger partial charge in [-0.25, -0.2) is 4.99 Å². The average molecular weight is 426 g/mol. The Morgan fingerprint density at radius 3 is 2.77 bits per heavy atom. The maximum absolute atomic E-state index is 13.0. The number of rotatable bonds is 8. The van der Waals surface area contributed by atoms with E-state index in [9.17, 15) is 4.55 Å². The van der Waals surface area contributed by atoms with E-state index in [1.54, 1.807) is 0 Å². The summed E-state index contributed by atoms with van der Waals surface area (Å²) in [4.78, 5) is 9.66. The molecule has 2 aliphatic rings. The second-order valence-electron chi connectivity index (χ2n) is 7.87. The first-order chi connectivity index (χ1) is 14.4. The number of allylic oxidation sites excluding steroid dienone is 6. The molecule has 5 nitrogen and oxygen atoms in total. The summed E-state index contributed by atoms with van der Waals surface area (Å²) >= 11 is -1.31. The van der Waals surface area contributed by atoms with Crippen LogP contribution in [0.4, 0.5) is 0 Å². The van der Waals surface area contributed by atoms with E-state index in [2.05, 4.69) is 30.7 Å². The van der Waals surface area contributed by atoms with Crippen molar-refractivity contribution in [2.75, 3.05) is 6.61 Å². The Kier molecular flexibility index (Phi) is 7.83. The molecule has 30 heavy (non-hydrogen) atoms. The first-order valence-electron chi connectivity index (χ1n) is 10.4. The molecular weight excluding hydrogens is 394 g/mol. The number of fused-ring (bicyclic) bond motifs is 1. The van der Waals surface area contributed by atoms with E-state index in [-0.39, 0.29) is 5.25 Å². The number of hydrogen-bond acceptors (Lipinski definition) is 5. The highest BCUT2D eigenvalue weighted by molar-refractivity contribution is 7.90. The molecule has 0 aromatic heterocycles. The van der Waals surface area contributed by atoms with Gasteiger partial charge in [-0.3, -0.25) is 4.99 Å². The van der Waals surface area contributed by atoms with Crippen LogP contribution >= 0.6 is 0 Å². The Morgan fingerprint density at radius 2 is 2.07 bits per heavy atom. The number of ether oxygens (including phenoxy) is 1. The fourth-order valence-corrected chi connectivity index (χ4v) is 4.74. The van der Waals surface area contributed by atoms with Crippen molar-refractivity contribution in [3.8, 4) is 0 Å². The lowest BCUT2D eigenvalue weighted by Crippen LogP contribution is -2.59. The van der Waals surface area contributed by atoms with E-state index >= 15 is 0 Å². The highest BCUT2D eigenvalue weighted by Crippen LogP contribution is 2.23. The van der Waals surface area contributed by atoms with E-state index in [1.165, 1.54) is 5.57 Å². The highest BCUT2D eigenvalue weighted by atomic mass is 32.2. The summed E-state index contributed by atoms with van der Waals surface area (Å²) in [6.07, 6.45) is 13.4. The SMILES string of the molecule is CC/C=C(C)\C=C(\C)COC1N=c2ccccc2=N[C@@]1(C)N[S+]([O-])C1C=CC=CC1. The summed E-state index contributed by atoms with van der Waals surface area (Å²) in [5.74, 6) is 0. The Bertz CT molecular complexity index is 982. The summed E-state index contributed by atoms with van der Waals surface area (Å²) in [5, 5.41) is 1.47. The van der Waals surface area contributed by atoms with Crippen molar-refractivity contribution in [1.29, 1.82) is 0 Å². The van der Waals surface area contributed by atoms with Gasteiger partial charge in [-0.15, -0.1) is 4.72 Å². The fraction of sp³-hybridized carbons (Fsp3) is 0.417. The molecule has 1 N–H and O–H groups in total. The maximum Gasteiger partial charge on any atom is 0.196 e. The van der Waals surface area contributed by atoms with Crippen LogP contribution in [0.1, 0.15) is 40.5 Å². The van der Waals surface area contributed by atoms with Gasteiger partial charge < -0.3 is 9.29 Å². The molecule has 0 fully saturated rings. The van der Waals surface area contributed by atoms with Crippen LogP contribution in [0, 0.1) is 0 Å². The molecule has 0 spiro atoms. The van der Waals surface area contributed by atoms with Crippen LogP contribution in [-0.4, -0.2) is 28.3 Å². The molecule has 0 saturated carbocycles. The minimum absolute atomic E-state index is 0.0942. The molecule has 1 aliphatic carbocycles. The average Bonchev–Trinajstić information content (AvgIpc) is 2.72. The van der Waals surface area contributed by atoms with Crippen molar-refractivity contribution in [1.82, 2.24) is 4.72 Å². The highest BCUT2D eigenvalue weighted by Gasteiger charge is 2.42. The molecule has 1 aliphatic heterocycles. The Hall–Kier alpha value is -1.99. The van der Waals surface area contributed by atoms with Gasteiger partial charge in [0, 0.05) is 17.8 Å². The van der Waals surface area contributed by atoms with E-state index < -0.39 is 23.3 Å². The predicted octanol–water partition coefficient (Wildman–Crippen LogP) is 3.44. The molecule has 1 heterocycles. The van der Waals surface area contributed by atoms with Crippen molar-refractivity contribution in [2.45, 2.75) is 57.7 Å². The molecule has 1 aromatic carbocycles. The van der Waals surface area contributed by atoms with Gasteiger partial charge >= 0.3 is 0 Å². The van der Waals surface area contributed by atoms with Crippen molar-refractivity contribution >= 4 is 11.4 Å². The minimum Gasteiger partial charge on any atom is -0.598 e. The minimum atomic E-state index is -1.31. The number of nitrogens with zero attached hydrogens (tertiary/aromatic N) is 2. The number of benzene rings is 1. The first kappa shape index (κ1) is 22.7. The van der Waals surface area contributed by atoms with Gasteiger partial charge in [-0.05, 0) is 51.0 Å². The lowest BCUT2D eigenvalue weighted by molar-refractivity contribution is 0.0126. The maximum atomic E-state index is 13.0. The van der Waals surface area contributed by atoms with Crippen LogP contribution in [0.5, 0.6) is 0 Å². The molecule has 160 valence electrons. The fourth-order valence-electron chi connectivity index (χ4n) is 3.52. The molecule has 0 bridgehead atoms.